The molecule has 0 fully saturated rings. The van der Waals surface area contributed by atoms with Gasteiger partial charge in [0.25, 0.3) is 0 Å². The molecule has 3 nitrogen and oxygen atoms in total. The van der Waals surface area contributed by atoms with Gasteiger partial charge >= 0.3 is 0 Å². The van der Waals surface area contributed by atoms with Crippen molar-refractivity contribution in [1.29, 1.82) is 0 Å². The molecule has 1 aromatic carbocycles. The number of aromatic nitrogens is 1. The van der Waals surface area contributed by atoms with Crippen molar-refractivity contribution in [2.24, 2.45) is 5.92 Å². The summed E-state index contributed by atoms with van der Waals surface area (Å²) in [4.78, 5) is 18.2. The Balaban J connectivity index is 1.61. The van der Waals surface area contributed by atoms with Gasteiger partial charge in [0.15, 0.2) is 5.13 Å². The van der Waals surface area contributed by atoms with Crippen LogP contribution >= 0.6 is 11.3 Å². The molecule has 0 bridgehead atoms. The second kappa shape index (κ2) is 6.83. The molecular formula is C19H24N2OS. The maximum atomic E-state index is 12.2. The third-order valence-electron chi connectivity index (χ3n) is 4.44. The minimum absolute atomic E-state index is 0.0152. The number of anilines is 1. The number of benzene rings is 1. The van der Waals surface area contributed by atoms with E-state index in [1.54, 1.807) is 11.3 Å². The van der Waals surface area contributed by atoms with Gasteiger partial charge in [0.05, 0.1) is 12.1 Å². The molecule has 4 heteroatoms. The van der Waals surface area contributed by atoms with Gasteiger partial charge in [-0.05, 0) is 42.2 Å². The summed E-state index contributed by atoms with van der Waals surface area (Å²) in [7, 11) is 0. The van der Waals surface area contributed by atoms with E-state index in [2.05, 4.69) is 43.2 Å². The Hall–Kier alpha value is -1.68. The van der Waals surface area contributed by atoms with E-state index in [-0.39, 0.29) is 5.91 Å². The van der Waals surface area contributed by atoms with E-state index >= 15 is 0 Å². The smallest absolute Gasteiger partial charge is 0.230 e. The van der Waals surface area contributed by atoms with Crippen LogP contribution in [0.2, 0.25) is 0 Å². The summed E-state index contributed by atoms with van der Waals surface area (Å²) in [5.74, 6) is 1.26. The monoisotopic (exact) mass is 328 g/mol. The normalized spacial score (nSPS) is 17.1. The van der Waals surface area contributed by atoms with Crippen molar-refractivity contribution in [3.8, 4) is 0 Å². The maximum absolute atomic E-state index is 12.2. The molecule has 2 aromatic rings. The third kappa shape index (κ3) is 3.99. The molecule has 1 heterocycles. The zero-order valence-corrected chi connectivity index (χ0v) is 14.9. The number of amides is 1. The lowest BCUT2D eigenvalue weighted by Gasteiger charge is -2.15. The largest absolute Gasteiger partial charge is 0.302 e. The minimum Gasteiger partial charge on any atom is -0.302 e. The van der Waals surface area contributed by atoms with Crippen LogP contribution in [-0.2, 0) is 24.1 Å². The van der Waals surface area contributed by atoms with Crippen LogP contribution in [0.25, 0.3) is 0 Å². The predicted octanol–water partition coefficient (Wildman–Crippen LogP) is 4.57. The fraction of sp³-hybridized carbons (Fsp3) is 0.474. The lowest BCUT2D eigenvalue weighted by atomic mass is 9.93. The maximum Gasteiger partial charge on any atom is 0.230 e. The number of carbonyl (C=O) groups is 1. The van der Waals surface area contributed by atoms with E-state index in [1.165, 1.54) is 22.6 Å². The van der Waals surface area contributed by atoms with Gasteiger partial charge < -0.3 is 5.32 Å². The molecule has 1 N–H and O–H groups in total. The molecule has 0 saturated heterocycles. The number of carbonyl (C=O) groups excluding carboxylic acids is 1. The minimum atomic E-state index is 0.0152. The Labute approximate surface area is 142 Å². The van der Waals surface area contributed by atoms with E-state index in [9.17, 15) is 4.79 Å². The number of aryl methyl sites for hydroxylation is 1. The van der Waals surface area contributed by atoms with Gasteiger partial charge in [-0.1, -0.05) is 45.0 Å². The zero-order valence-electron chi connectivity index (χ0n) is 14.1. The summed E-state index contributed by atoms with van der Waals surface area (Å²) in [5, 5.41) is 3.73. The van der Waals surface area contributed by atoms with E-state index in [0.717, 1.165) is 29.5 Å². The Bertz CT molecular complexity index is 688. The molecule has 1 unspecified atom stereocenters. The van der Waals surface area contributed by atoms with Crippen molar-refractivity contribution in [3.63, 3.8) is 0 Å². The molecule has 1 aliphatic rings. The fourth-order valence-corrected chi connectivity index (χ4v) is 4.15. The molecule has 122 valence electrons. The van der Waals surface area contributed by atoms with E-state index in [1.807, 2.05) is 12.1 Å². The van der Waals surface area contributed by atoms with Gasteiger partial charge in [-0.15, -0.1) is 11.3 Å². The van der Waals surface area contributed by atoms with Crippen molar-refractivity contribution in [3.05, 3.63) is 46.0 Å². The SMILES string of the molecule is CC1CCc2nc(NC(=O)Cc3ccc(C(C)C)cc3)sc2C1. The van der Waals surface area contributed by atoms with Gasteiger partial charge in [-0.2, -0.15) is 0 Å². The van der Waals surface area contributed by atoms with Crippen LogP contribution in [0.4, 0.5) is 5.13 Å². The topological polar surface area (TPSA) is 42.0 Å². The van der Waals surface area contributed by atoms with Crippen molar-refractivity contribution in [1.82, 2.24) is 4.98 Å². The van der Waals surface area contributed by atoms with Crippen LogP contribution in [0.1, 0.15) is 54.8 Å². The van der Waals surface area contributed by atoms with Gasteiger partial charge in [-0.25, -0.2) is 4.98 Å². The highest BCUT2D eigenvalue weighted by molar-refractivity contribution is 7.15. The molecule has 3 rings (SSSR count). The number of nitrogens with zero attached hydrogens (tertiary/aromatic N) is 1. The third-order valence-corrected chi connectivity index (χ3v) is 5.48. The number of nitrogens with one attached hydrogen (secondary N) is 1. The van der Waals surface area contributed by atoms with E-state index < -0.39 is 0 Å². The average Bonchev–Trinajstić information content (AvgIpc) is 2.88. The summed E-state index contributed by atoms with van der Waals surface area (Å²) in [6.45, 7) is 6.63. The molecule has 0 spiro atoms. The Morgan fingerprint density at radius 3 is 2.78 bits per heavy atom. The highest BCUT2D eigenvalue weighted by Gasteiger charge is 2.20. The quantitative estimate of drug-likeness (QED) is 0.893. The van der Waals surface area contributed by atoms with Gasteiger partial charge in [0, 0.05) is 4.88 Å². The number of hydrogen-bond donors (Lipinski definition) is 1. The molecule has 0 saturated carbocycles. The summed E-state index contributed by atoms with van der Waals surface area (Å²) >= 11 is 1.64. The Morgan fingerprint density at radius 1 is 1.35 bits per heavy atom. The lowest BCUT2D eigenvalue weighted by molar-refractivity contribution is -0.115. The van der Waals surface area contributed by atoms with Gasteiger partial charge in [-0.3, -0.25) is 4.79 Å². The van der Waals surface area contributed by atoms with Crippen molar-refractivity contribution in [2.45, 2.75) is 52.4 Å². The van der Waals surface area contributed by atoms with Crippen LogP contribution in [0, 0.1) is 5.92 Å². The highest BCUT2D eigenvalue weighted by atomic mass is 32.1. The van der Waals surface area contributed by atoms with Crippen LogP contribution in [0.3, 0.4) is 0 Å². The van der Waals surface area contributed by atoms with Crippen molar-refractivity contribution in [2.75, 3.05) is 5.32 Å². The molecule has 0 aliphatic heterocycles. The number of rotatable bonds is 4. The second-order valence-electron chi connectivity index (χ2n) is 6.86. The van der Waals surface area contributed by atoms with E-state index in [0.29, 0.717) is 12.3 Å². The fourth-order valence-electron chi connectivity index (χ4n) is 2.96. The summed E-state index contributed by atoms with van der Waals surface area (Å²) in [6, 6.07) is 8.31. The standard InChI is InChI=1S/C19H24N2OS/c1-12(2)15-7-5-14(6-8-15)11-18(22)21-19-20-16-9-4-13(3)10-17(16)23-19/h5-8,12-13H,4,9-11H2,1-3H3,(H,20,21,22). The van der Waals surface area contributed by atoms with Crippen molar-refractivity contribution >= 4 is 22.4 Å². The second-order valence-corrected chi connectivity index (χ2v) is 7.94. The van der Waals surface area contributed by atoms with Crippen molar-refractivity contribution < 1.29 is 4.79 Å². The molecular weight excluding hydrogens is 304 g/mol. The Kier molecular flexibility index (Phi) is 4.81. The Morgan fingerprint density at radius 2 is 2.09 bits per heavy atom. The molecule has 1 aromatic heterocycles. The van der Waals surface area contributed by atoms with Gasteiger partial charge in [0.1, 0.15) is 0 Å². The lowest BCUT2D eigenvalue weighted by Crippen LogP contribution is -2.14. The first kappa shape index (κ1) is 16.2. The zero-order chi connectivity index (χ0) is 16.4. The summed E-state index contributed by atoms with van der Waals surface area (Å²) in [6.07, 6.45) is 3.74. The first-order valence-electron chi connectivity index (χ1n) is 8.38. The van der Waals surface area contributed by atoms with Crippen LogP contribution < -0.4 is 5.32 Å². The predicted molar refractivity (Wildman–Crippen MR) is 96.2 cm³/mol. The van der Waals surface area contributed by atoms with Crippen LogP contribution in [0.5, 0.6) is 0 Å². The number of hydrogen-bond acceptors (Lipinski definition) is 3. The highest BCUT2D eigenvalue weighted by Crippen LogP contribution is 2.32. The van der Waals surface area contributed by atoms with Crippen LogP contribution in [-0.4, -0.2) is 10.9 Å². The molecule has 0 radical (unpaired) electrons. The average molecular weight is 328 g/mol. The summed E-state index contributed by atoms with van der Waals surface area (Å²) < 4.78 is 0. The summed E-state index contributed by atoms with van der Waals surface area (Å²) in [5.41, 5.74) is 3.53. The molecule has 23 heavy (non-hydrogen) atoms. The van der Waals surface area contributed by atoms with Crippen LogP contribution in [0.15, 0.2) is 24.3 Å². The first-order valence-corrected chi connectivity index (χ1v) is 9.20. The first-order chi connectivity index (χ1) is 11.0. The number of thiazole rings is 1. The molecule has 1 aliphatic carbocycles. The van der Waals surface area contributed by atoms with Gasteiger partial charge in [0.2, 0.25) is 5.91 Å². The molecule has 1 atom stereocenters. The van der Waals surface area contributed by atoms with E-state index in [4.69, 9.17) is 0 Å². The molecule has 1 amide bonds. The number of fused-ring (bicyclic) bond motifs is 1.